The number of esters is 1. The minimum absolute atomic E-state index is 0.0388. The summed E-state index contributed by atoms with van der Waals surface area (Å²) in [6.07, 6.45) is 5.42. The van der Waals surface area contributed by atoms with Crippen molar-refractivity contribution in [3.05, 3.63) is 35.9 Å². The van der Waals surface area contributed by atoms with Crippen LogP contribution in [0.25, 0.3) is 0 Å². The molecule has 0 amide bonds. The third-order valence-corrected chi connectivity index (χ3v) is 5.18. The average Bonchev–Trinajstić information content (AvgIpc) is 2.46. The zero-order valence-electron chi connectivity index (χ0n) is 10.9. The predicted octanol–water partition coefficient (Wildman–Crippen LogP) is 3.80. The van der Waals surface area contributed by atoms with Gasteiger partial charge in [0.05, 0.1) is 7.11 Å². The third kappa shape index (κ3) is 3.08. The van der Waals surface area contributed by atoms with E-state index in [1.165, 1.54) is 19.1 Å². The Bertz CT molecular complexity index is 383. The maximum atomic E-state index is 12.1. The third-order valence-electron chi connectivity index (χ3n) is 3.58. The lowest BCUT2D eigenvalue weighted by atomic mass is 9.88. The van der Waals surface area contributed by atoms with Gasteiger partial charge in [0.25, 0.3) is 0 Å². The Morgan fingerprint density at radius 1 is 1.22 bits per heavy atom. The van der Waals surface area contributed by atoms with E-state index in [1.54, 1.807) is 11.8 Å². The number of ether oxygens (including phenoxy) is 1. The lowest BCUT2D eigenvalue weighted by molar-refractivity contribution is -0.144. The monoisotopic (exact) mass is 264 g/mol. The number of benzene rings is 1. The lowest BCUT2D eigenvalue weighted by Crippen LogP contribution is -2.38. The molecule has 3 heteroatoms. The molecule has 0 aliphatic heterocycles. The summed E-state index contributed by atoms with van der Waals surface area (Å²) >= 11 is 1.76. The Kier molecular flexibility index (Phi) is 4.70. The number of carbonyl (C=O) groups excluding carboxylic acids is 1. The normalized spacial score (nSPS) is 18.3. The fourth-order valence-corrected chi connectivity index (χ4v) is 3.93. The van der Waals surface area contributed by atoms with Crippen LogP contribution in [0.5, 0.6) is 0 Å². The van der Waals surface area contributed by atoms with Gasteiger partial charge in [-0.2, -0.15) is 0 Å². The zero-order chi connectivity index (χ0) is 12.8. The Morgan fingerprint density at radius 2 is 1.89 bits per heavy atom. The summed E-state index contributed by atoms with van der Waals surface area (Å²) in [5.41, 5.74) is 1.27. The highest BCUT2D eigenvalue weighted by atomic mass is 32.2. The molecule has 0 saturated heterocycles. The molecular weight excluding hydrogens is 244 g/mol. The number of thioether (sulfide) groups is 1. The van der Waals surface area contributed by atoms with Crippen LogP contribution in [0.4, 0.5) is 0 Å². The van der Waals surface area contributed by atoms with Gasteiger partial charge in [0, 0.05) is 5.75 Å². The summed E-state index contributed by atoms with van der Waals surface area (Å²) in [5, 5.41) is 0. The number of methoxy groups -OCH3 is 1. The van der Waals surface area contributed by atoms with Gasteiger partial charge in [-0.25, -0.2) is 0 Å². The van der Waals surface area contributed by atoms with Crippen LogP contribution in [0.3, 0.4) is 0 Å². The first-order valence-corrected chi connectivity index (χ1v) is 7.52. The molecule has 1 saturated carbocycles. The zero-order valence-corrected chi connectivity index (χ0v) is 11.7. The summed E-state index contributed by atoms with van der Waals surface area (Å²) in [4.78, 5) is 12.1. The van der Waals surface area contributed by atoms with Crippen LogP contribution in [0.1, 0.15) is 37.7 Å². The molecule has 0 atom stereocenters. The van der Waals surface area contributed by atoms with Crippen molar-refractivity contribution in [2.24, 2.45) is 0 Å². The molecule has 0 spiro atoms. The highest BCUT2D eigenvalue weighted by Crippen LogP contribution is 2.42. The second kappa shape index (κ2) is 6.28. The van der Waals surface area contributed by atoms with E-state index in [0.29, 0.717) is 0 Å². The molecule has 0 unspecified atom stereocenters. The standard InChI is InChI=1S/C15H20O2S/c1-17-14(16)15(10-6-3-7-11-15)18-12-13-8-4-2-5-9-13/h2,4-5,8-9H,3,6-7,10-12H2,1H3. The molecule has 0 aromatic heterocycles. The van der Waals surface area contributed by atoms with Crippen LogP contribution in [0.15, 0.2) is 30.3 Å². The van der Waals surface area contributed by atoms with E-state index in [2.05, 4.69) is 12.1 Å². The molecule has 2 nitrogen and oxygen atoms in total. The molecule has 1 aliphatic carbocycles. The van der Waals surface area contributed by atoms with Crippen LogP contribution < -0.4 is 0 Å². The van der Waals surface area contributed by atoms with Crippen molar-refractivity contribution in [2.75, 3.05) is 7.11 Å². The number of carbonyl (C=O) groups is 1. The van der Waals surface area contributed by atoms with E-state index in [0.717, 1.165) is 31.4 Å². The molecule has 0 N–H and O–H groups in total. The molecule has 1 aromatic carbocycles. The smallest absolute Gasteiger partial charge is 0.321 e. The molecule has 0 radical (unpaired) electrons. The van der Waals surface area contributed by atoms with Crippen molar-refractivity contribution in [2.45, 2.75) is 42.6 Å². The van der Waals surface area contributed by atoms with Crippen LogP contribution in [-0.4, -0.2) is 17.8 Å². The van der Waals surface area contributed by atoms with Crippen LogP contribution in [0, 0.1) is 0 Å². The Labute approximate surface area is 113 Å². The number of rotatable bonds is 4. The molecule has 18 heavy (non-hydrogen) atoms. The average molecular weight is 264 g/mol. The summed E-state index contributed by atoms with van der Waals surface area (Å²) in [6, 6.07) is 10.3. The van der Waals surface area contributed by atoms with Crippen molar-refractivity contribution in [1.29, 1.82) is 0 Å². The SMILES string of the molecule is COC(=O)C1(SCc2ccccc2)CCCCC1. The summed E-state index contributed by atoms with van der Waals surface area (Å²) in [7, 11) is 1.50. The van der Waals surface area contributed by atoms with E-state index >= 15 is 0 Å². The Hall–Kier alpha value is -0.960. The van der Waals surface area contributed by atoms with Crippen LogP contribution >= 0.6 is 11.8 Å². The molecule has 0 bridgehead atoms. The van der Waals surface area contributed by atoms with Crippen molar-refractivity contribution in [3.8, 4) is 0 Å². The van der Waals surface area contributed by atoms with Gasteiger partial charge in [0.2, 0.25) is 0 Å². The van der Waals surface area contributed by atoms with Gasteiger partial charge >= 0.3 is 5.97 Å². The summed E-state index contributed by atoms with van der Waals surface area (Å²) in [5.74, 6) is 0.846. The fraction of sp³-hybridized carbons (Fsp3) is 0.533. The van der Waals surface area contributed by atoms with Gasteiger partial charge in [-0.3, -0.25) is 4.79 Å². The summed E-state index contributed by atoms with van der Waals surface area (Å²) < 4.78 is 4.72. The maximum Gasteiger partial charge on any atom is 0.321 e. The first-order chi connectivity index (χ1) is 8.77. The Balaban J connectivity index is 2.04. The van der Waals surface area contributed by atoms with E-state index in [4.69, 9.17) is 4.74 Å². The first kappa shape index (κ1) is 13.5. The topological polar surface area (TPSA) is 26.3 Å². The first-order valence-electron chi connectivity index (χ1n) is 6.53. The number of hydrogen-bond donors (Lipinski definition) is 0. The molecule has 1 fully saturated rings. The highest BCUT2D eigenvalue weighted by molar-refractivity contribution is 8.00. The second-order valence-electron chi connectivity index (χ2n) is 4.82. The van der Waals surface area contributed by atoms with Gasteiger partial charge in [0.15, 0.2) is 0 Å². The molecule has 2 rings (SSSR count). The lowest BCUT2D eigenvalue weighted by Gasteiger charge is -2.33. The molecule has 1 aromatic rings. The van der Waals surface area contributed by atoms with E-state index < -0.39 is 0 Å². The van der Waals surface area contributed by atoms with Crippen LogP contribution in [-0.2, 0) is 15.3 Å². The minimum atomic E-state index is -0.303. The number of hydrogen-bond acceptors (Lipinski definition) is 3. The summed E-state index contributed by atoms with van der Waals surface area (Å²) in [6.45, 7) is 0. The minimum Gasteiger partial charge on any atom is -0.468 e. The molecule has 98 valence electrons. The van der Waals surface area contributed by atoms with Gasteiger partial charge in [-0.15, -0.1) is 11.8 Å². The molecule has 0 heterocycles. The second-order valence-corrected chi connectivity index (χ2v) is 6.18. The quantitative estimate of drug-likeness (QED) is 0.774. The predicted molar refractivity (Wildman–Crippen MR) is 75.6 cm³/mol. The molecule has 1 aliphatic rings. The molecular formula is C15H20O2S. The van der Waals surface area contributed by atoms with Crippen molar-refractivity contribution in [3.63, 3.8) is 0 Å². The van der Waals surface area contributed by atoms with Crippen molar-refractivity contribution < 1.29 is 9.53 Å². The van der Waals surface area contributed by atoms with Crippen molar-refractivity contribution >= 4 is 17.7 Å². The van der Waals surface area contributed by atoms with Gasteiger partial charge in [0.1, 0.15) is 4.75 Å². The Morgan fingerprint density at radius 3 is 2.50 bits per heavy atom. The van der Waals surface area contributed by atoms with Crippen LogP contribution in [0.2, 0.25) is 0 Å². The van der Waals surface area contributed by atoms with Gasteiger partial charge in [-0.05, 0) is 18.4 Å². The van der Waals surface area contributed by atoms with E-state index in [-0.39, 0.29) is 10.7 Å². The van der Waals surface area contributed by atoms with Gasteiger partial charge in [-0.1, -0.05) is 49.6 Å². The highest BCUT2D eigenvalue weighted by Gasteiger charge is 2.40. The van der Waals surface area contributed by atoms with E-state index in [1.807, 2.05) is 18.2 Å². The van der Waals surface area contributed by atoms with E-state index in [9.17, 15) is 4.79 Å². The maximum absolute atomic E-state index is 12.1. The van der Waals surface area contributed by atoms with Crippen molar-refractivity contribution in [1.82, 2.24) is 0 Å². The fourth-order valence-electron chi connectivity index (χ4n) is 2.51. The largest absolute Gasteiger partial charge is 0.468 e. The van der Waals surface area contributed by atoms with Gasteiger partial charge < -0.3 is 4.74 Å².